The number of hydrogen-bond acceptors (Lipinski definition) is 2. The van der Waals surface area contributed by atoms with Crippen molar-refractivity contribution in [1.29, 1.82) is 0 Å². The van der Waals surface area contributed by atoms with Crippen LogP contribution in [-0.2, 0) is 6.42 Å². The van der Waals surface area contributed by atoms with Gasteiger partial charge in [0.25, 0.3) is 0 Å². The Labute approximate surface area is 130 Å². The maximum atomic E-state index is 4.06. The summed E-state index contributed by atoms with van der Waals surface area (Å²) in [5.41, 5.74) is 2.57. The smallest absolute Gasteiger partial charge is 0.0372 e. The van der Waals surface area contributed by atoms with Gasteiger partial charge in [0, 0.05) is 27.4 Å². The molecule has 0 radical (unpaired) electrons. The minimum absolute atomic E-state index is 0.301. The minimum atomic E-state index is 0.301. The maximum absolute atomic E-state index is 4.06. The van der Waals surface area contributed by atoms with E-state index in [0.717, 1.165) is 21.9 Å². The fourth-order valence-electron chi connectivity index (χ4n) is 2.08. The van der Waals surface area contributed by atoms with Crippen LogP contribution in [0.15, 0.2) is 51.7 Å². The van der Waals surface area contributed by atoms with Crippen LogP contribution >= 0.6 is 31.9 Å². The SMILES string of the molecule is CCNC(Cc1ccncc1)c1ccc(Br)cc1Br. The first-order valence-electron chi connectivity index (χ1n) is 6.28. The Kier molecular flexibility index (Phi) is 5.55. The monoisotopic (exact) mass is 382 g/mol. The maximum Gasteiger partial charge on any atom is 0.0372 e. The number of aromatic nitrogens is 1. The summed E-state index contributed by atoms with van der Waals surface area (Å²) in [4.78, 5) is 4.06. The Morgan fingerprint density at radius 2 is 1.89 bits per heavy atom. The van der Waals surface area contributed by atoms with Crippen molar-refractivity contribution in [3.05, 3.63) is 62.8 Å². The molecule has 1 aromatic heterocycles. The molecule has 1 aromatic carbocycles. The van der Waals surface area contributed by atoms with Crippen molar-refractivity contribution in [3.63, 3.8) is 0 Å². The highest BCUT2D eigenvalue weighted by Crippen LogP contribution is 2.28. The molecule has 2 aromatic rings. The Morgan fingerprint density at radius 3 is 2.53 bits per heavy atom. The summed E-state index contributed by atoms with van der Waals surface area (Å²) in [6.45, 7) is 3.07. The number of likely N-dealkylation sites (N-methyl/N-ethyl adjacent to an activating group) is 1. The van der Waals surface area contributed by atoms with Gasteiger partial charge in [0.1, 0.15) is 0 Å². The van der Waals surface area contributed by atoms with Crippen molar-refractivity contribution in [1.82, 2.24) is 10.3 Å². The van der Waals surface area contributed by atoms with E-state index < -0.39 is 0 Å². The zero-order valence-electron chi connectivity index (χ0n) is 10.7. The molecule has 1 heterocycles. The van der Waals surface area contributed by atoms with Crippen molar-refractivity contribution in [2.75, 3.05) is 6.54 Å². The Morgan fingerprint density at radius 1 is 1.16 bits per heavy atom. The summed E-state index contributed by atoms with van der Waals surface area (Å²) < 4.78 is 2.21. The van der Waals surface area contributed by atoms with Crippen molar-refractivity contribution < 1.29 is 0 Å². The number of halogens is 2. The molecule has 1 unspecified atom stereocenters. The molecule has 0 bridgehead atoms. The zero-order chi connectivity index (χ0) is 13.7. The molecule has 2 rings (SSSR count). The minimum Gasteiger partial charge on any atom is -0.310 e. The van der Waals surface area contributed by atoms with E-state index >= 15 is 0 Å². The second-order valence-corrected chi connectivity index (χ2v) is 6.11. The number of nitrogens with one attached hydrogen (secondary N) is 1. The summed E-state index contributed by atoms with van der Waals surface area (Å²) >= 11 is 7.14. The van der Waals surface area contributed by atoms with Crippen molar-refractivity contribution >= 4 is 31.9 Å². The molecule has 0 aliphatic rings. The Bertz CT molecular complexity index is 529. The van der Waals surface area contributed by atoms with Gasteiger partial charge in [-0.3, -0.25) is 4.98 Å². The zero-order valence-corrected chi connectivity index (χ0v) is 13.9. The van der Waals surface area contributed by atoms with Gasteiger partial charge >= 0.3 is 0 Å². The summed E-state index contributed by atoms with van der Waals surface area (Å²) in [5, 5.41) is 3.54. The molecule has 0 amide bonds. The highest BCUT2D eigenvalue weighted by molar-refractivity contribution is 9.11. The average Bonchev–Trinajstić information content (AvgIpc) is 2.39. The van der Waals surface area contributed by atoms with Gasteiger partial charge in [0.2, 0.25) is 0 Å². The molecule has 0 fully saturated rings. The second-order valence-electron chi connectivity index (χ2n) is 4.34. The molecule has 1 atom stereocenters. The van der Waals surface area contributed by atoms with E-state index in [-0.39, 0.29) is 0 Å². The fraction of sp³-hybridized carbons (Fsp3) is 0.267. The van der Waals surface area contributed by atoms with E-state index in [9.17, 15) is 0 Å². The normalized spacial score (nSPS) is 12.4. The third-order valence-corrected chi connectivity index (χ3v) is 4.16. The highest BCUT2D eigenvalue weighted by Gasteiger charge is 2.14. The number of rotatable bonds is 5. The fourth-order valence-corrected chi connectivity index (χ4v) is 3.40. The highest BCUT2D eigenvalue weighted by atomic mass is 79.9. The first-order chi connectivity index (χ1) is 9.20. The third kappa shape index (κ3) is 4.13. The number of pyridine rings is 1. The van der Waals surface area contributed by atoms with Gasteiger partial charge in [-0.2, -0.15) is 0 Å². The van der Waals surface area contributed by atoms with E-state index in [0.29, 0.717) is 6.04 Å². The second kappa shape index (κ2) is 7.17. The van der Waals surface area contributed by atoms with Gasteiger partial charge in [-0.15, -0.1) is 0 Å². The average molecular weight is 384 g/mol. The van der Waals surface area contributed by atoms with E-state index in [2.05, 4.69) is 79.4 Å². The van der Waals surface area contributed by atoms with E-state index in [4.69, 9.17) is 0 Å². The molecule has 0 saturated heterocycles. The summed E-state index contributed by atoms with van der Waals surface area (Å²) in [5.74, 6) is 0. The molecule has 100 valence electrons. The van der Waals surface area contributed by atoms with Gasteiger partial charge in [-0.25, -0.2) is 0 Å². The van der Waals surface area contributed by atoms with Crippen molar-refractivity contribution in [2.45, 2.75) is 19.4 Å². The van der Waals surface area contributed by atoms with Crippen LogP contribution in [-0.4, -0.2) is 11.5 Å². The molecule has 19 heavy (non-hydrogen) atoms. The third-order valence-electron chi connectivity index (χ3n) is 2.98. The summed E-state index contributed by atoms with van der Waals surface area (Å²) in [7, 11) is 0. The molecule has 0 spiro atoms. The van der Waals surface area contributed by atoms with Crippen LogP contribution in [0.25, 0.3) is 0 Å². The van der Waals surface area contributed by atoms with E-state index in [1.165, 1.54) is 11.1 Å². The molecule has 2 nitrogen and oxygen atoms in total. The lowest BCUT2D eigenvalue weighted by Crippen LogP contribution is -2.23. The summed E-state index contributed by atoms with van der Waals surface area (Å²) in [6, 6.07) is 10.8. The lowest BCUT2D eigenvalue weighted by Gasteiger charge is -2.20. The Hall–Kier alpha value is -0.710. The topological polar surface area (TPSA) is 24.9 Å². The number of hydrogen-bond donors (Lipinski definition) is 1. The van der Waals surface area contributed by atoms with Crippen LogP contribution < -0.4 is 5.32 Å². The first kappa shape index (κ1) is 14.7. The van der Waals surface area contributed by atoms with Gasteiger partial charge < -0.3 is 5.32 Å². The van der Waals surface area contributed by atoms with Gasteiger partial charge in [-0.1, -0.05) is 44.8 Å². The quantitative estimate of drug-likeness (QED) is 0.822. The number of benzene rings is 1. The molecule has 0 saturated carbocycles. The van der Waals surface area contributed by atoms with Gasteiger partial charge in [-0.05, 0) is 48.4 Å². The van der Waals surface area contributed by atoms with Crippen LogP contribution in [0, 0.1) is 0 Å². The molecule has 0 aliphatic heterocycles. The number of nitrogens with zero attached hydrogens (tertiary/aromatic N) is 1. The lowest BCUT2D eigenvalue weighted by atomic mass is 9.99. The van der Waals surface area contributed by atoms with Crippen molar-refractivity contribution in [3.8, 4) is 0 Å². The van der Waals surface area contributed by atoms with Crippen LogP contribution in [0.4, 0.5) is 0 Å². The van der Waals surface area contributed by atoms with Crippen LogP contribution in [0.2, 0.25) is 0 Å². The predicted molar refractivity (Wildman–Crippen MR) is 86.2 cm³/mol. The van der Waals surface area contributed by atoms with Crippen LogP contribution in [0.1, 0.15) is 24.1 Å². The predicted octanol–water partition coefficient (Wildman–Crippen LogP) is 4.50. The molecular formula is C15H16Br2N2. The molecule has 4 heteroatoms. The molecular weight excluding hydrogens is 368 g/mol. The van der Waals surface area contributed by atoms with Gasteiger partial charge in [0.15, 0.2) is 0 Å². The van der Waals surface area contributed by atoms with Crippen molar-refractivity contribution in [2.24, 2.45) is 0 Å². The largest absolute Gasteiger partial charge is 0.310 e. The molecule has 1 N–H and O–H groups in total. The first-order valence-corrected chi connectivity index (χ1v) is 7.86. The van der Waals surface area contributed by atoms with E-state index in [1.807, 2.05) is 12.4 Å². The summed E-state index contributed by atoms with van der Waals surface area (Å²) in [6.07, 6.45) is 4.64. The van der Waals surface area contributed by atoms with Crippen LogP contribution in [0.3, 0.4) is 0 Å². The lowest BCUT2D eigenvalue weighted by molar-refractivity contribution is 0.547. The van der Waals surface area contributed by atoms with E-state index in [1.54, 1.807) is 0 Å². The van der Waals surface area contributed by atoms with Gasteiger partial charge in [0.05, 0.1) is 0 Å². The molecule has 0 aliphatic carbocycles. The Balaban J connectivity index is 2.24. The standard InChI is InChI=1S/C15H16Br2N2/c1-2-19-15(9-11-5-7-18-8-6-11)13-4-3-12(16)10-14(13)17/h3-8,10,15,19H,2,9H2,1H3. The van der Waals surface area contributed by atoms with Crippen LogP contribution in [0.5, 0.6) is 0 Å².